The van der Waals surface area contributed by atoms with Gasteiger partial charge in [0, 0.05) is 25.1 Å². The Morgan fingerprint density at radius 2 is 1.93 bits per heavy atom. The van der Waals surface area contributed by atoms with Gasteiger partial charge in [0.15, 0.2) is 5.13 Å². The fourth-order valence-corrected chi connectivity index (χ4v) is 3.70. The third-order valence-corrected chi connectivity index (χ3v) is 5.00. The molecule has 0 aliphatic heterocycles. The first-order valence-electron chi connectivity index (χ1n) is 8.63. The molecule has 0 spiro atoms. The van der Waals surface area contributed by atoms with Gasteiger partial charge in [0.2, 0.25) is 11.8 Å². The van der Waals surface area contributed by atoms with Crippen LogP contribution in [0.5, 0.6) is 11.5 Å². The maximum atomic E-state index is 12.3. The average Bonchev–Trinajstić information content (AvgIpc) is 3.06. The molecule has 0 bridgehead atoms. The molecule has 3 aromatic rings. The third kappa shape index (κ3) is 4.77. The molecule has 2 N–H and O–H groups in total. The second-order valence-corrected chi connectivity index (χ2v) is 7.16. The number of thiazole rings is 1. The van der Waals surface area contributed by atoms with Crippen molar-refractivity contribution in [3.8, 4) is 11.5 Å². The highest BCUT2D eigenvalue weighted by Crippen LogP contribution is 2.27. The van der Waals surface area contributed by atoms with Gasteiger partial charge in [-0.05, 0) is 29.8 Å². The van der Waals surface area contributed by atoms with Crippen LogP contribution in [-0.2, 0) is 22.6 Å². The Balaban J connectivity index is 1.64. The monoisotopic (exact) mass is 399 g/mol. The smallest absolute Gasteiger partial charge is 0.224 e. The highest BCUT2D eigenvalue weighted by atomic mass is 32.1. The summed E-state index contributed by atoms with van der Waals surface area (Å²) in [5.41, 5.74) is 2.54. The van der Waals surface area contributed by atoms with Crippen LogP contribution in [0.1, 0.15) is 18.1 Å². The van der Waals surface area contributed by atoms with Crippen molar-refractivity contribution >= 4 is 38.5 Å². The Morgan fingerprint density at radius 3 is 2.64 bits per heavy atom. The predicted octanol–water partition coefficient (Wildman–Crippen LogP) is 3.13. The van der Waals surface area contributed by atoms with E-state index in [1.807, 2.05) is 30.3 Å². The van der Waals surface area contributed by atoms with E-state index in [1.54, 1.807) is 20.3 Å². The number of aromatic nitrogens is 1. The molecule has 2 amide bonds. The first kappa shape index (κ1) is 19.6. The van der Waals surface area contributed by atoms with E-state index in [0.29, 0.717) is 23.2 Å². The van der Waals surface area contributed by atoms with Crippen molar-refractivity contribution in [2.75, 3.05) is 19.5 Å². The van der Waals surface area contributed by atoms with Crippen molar-refractivity contribution in [3.05, 3.63) is 47.5 Å². The largest absolute Gasteiger partial charge is 0.497 e. The molecular weight excluding hydrogens is 378 g/mol. The number of benzene rings is 2. The maximum absolute atomic E-state index is 12.3. The minimum absolute atomic E-state index is 0.0937. The molecule has 0 unspecified atom stereocenters. The van der Waals surface area contributed by atoms with Crippen LogP contribution in [0.4, 0.5) is 5.13 Å². The van der Waals surface area contributed by atoms with Crippen LogP contribution in [0.15, 0.2) is 36.4 Å². The molecule has 3 rings (SSSR count). The van der Waals surface area contributed by atoms with Gasteiger partial charge in [-0.1, -0.05) is 17.4 Å². The zero-order chi connectivity index (χ0) is 20.1. The van der Waals surface area contributed by atoms with E-state index in [4.69, 9.17) is 9.47 Å². The molecule has 2 aromatic carbocycles. The van der Waals surface area contributed by atoms with Gasteiger partial charge in [-0.25, -0.2) is 4.98 Å². The van der Waals surface area contributed by atoms with Gasteiger partial charge in [0.1, 0.15) is 11.5 Å². The van der Waals surface area contributed by atoms with Crippen LogP contribution in [0.2, 0.25) is 0 Å². The van der Waals surface area contributed by atoms with Crippen LogP contribution in [0.3, 0.4) is 0 Å². The van der Waals surface area contributed by atoms with E-state index in [9.17, 15) is 9.59 Å². The molecule has 0 aliphatic rings. The Hall–Kier alpha value is -3.13. The molecule has 1 aromatic heterocycles. The van der Waals surface area contributed by atoms with Gasteiger partial charge in [0.25, 0.3) is 0 Å². The minimum atomic E-state index is -0.160. The molecule has 0 aliphatic carbocycles. The van der Waals surface area contributed by atoms with Crippen LogP contribution in [0, 0.1) is 0 Å². The quantitative estimate of drug-likeness (QED) is 0.637. The topological polar surface area (TPSA) is 89.5 Å². The summed E-state index contributed by atoms with van der Waals surface area (Å²) in [6.07, 6.45) is 0.252. The van der Waals surface area contributed by atoms with Crippen LogP contribution < -0.4 is 20.1 Å². The third-order valence-electron chi connectivity index (χ3n) is 4.07. The SMILES string of the molecule is COc1ccc(CNC(=O)Cc2ccc3nc(NC(C)=O)sc3c2)c(OC)c1. The van der Waals surface area contributed by atoms with Crippen molar-refractivity contribution in [2.45, 2.75) is 19.9 Å². The average molecular weight is 399 g/mol. The number of carbonyl (C=O) groups excluding carboxylic acids is 2. The number of amides is 2. The number of hydrogen-bond acceptors (Lipinski definition) is 6. The summed E-state index contributed by atoms with van der Waals surface area (Å²) in [5.74, 6) is 1.11. The number of rotatable bonds is 7. The second-order valence-electron chi connectivity index (χ2n) is 6.13. The highest BCUT2D eigenvalue weighted by molar-refractivity contribution is 7.22. The molecule has 28 heavy (non-hydrogen) atoms. The van der Waals surface area contributed by atoms with E-state index < -0.39 is 0 Å². The number of ether oxygens (including phenoxy) is 2. The molecule has 0 atom stereocenters. The second kappa shape index (κ2) is 8.71. The molecule has 0 fully saturated rings. The summed E-state index contributed by atoms with van der Waals surface area (Å²) in [6.45, 7) is 1.81. The number of hydrogen-bond donors (Lipinski definition) is 2. The Labute approximate surface area is 166 Å². The maximum Gasteiger partial charge on any atom is 0.224 e. The lowest BCUT2D eigenvalue weighted by Crippen LogP contribution is -2.24. The number of nitrogens with zero attached hydrogens (tertiary/aromatic N) is 1. The van der Waals surface area contributed by atoms with Gasteiger partial charge in [-0.3, -0.25) is 9.59 Å². The number of fused-ring (bicyclic) bond motifs is 1. The lowest BCUT2D eigenvalue weighted by Gasteiger charge is -2.11. The van der Waals surface area contributed by atoms with E-state index in [-0.39, 0.29) is 18.2 Å². The molecule has 0 saturated heterocycles. The van der Waals surface area contributed by atoms with Crippen molar-refractivity contribution in [1.29, 1.82) is 0 Å². The minimum Gasteiger partial charge on any atom is -0.497 e. The normalized spacial score (nSPS) is 10.5. The van der Waals surface area contributed by atoms with Crippen molar-refractivity contribution in [3.63, 3.8) is 0 Å². The Bertz CT molecular complexity index is 1020. The van der Waals surface area contributed by atoms with Crippen molar-refractivity contribution in [2.24, 2.45) is 0 Å². The lowest BCUT2D eigenvalue weighted by molar-refractivity contribution is -0.120. The molecule has 7 nitrogen and oxygen atoms in total. The lowest BCUT2D eigenvalue weighted by atomic mass is 10.1. The number of methoxy groups -OCH3 is 2. The van der Waals surface area contributed by atoms with Crippen LogP contribution >= 0.6 is 11.3 Å². The number of nitrogens with one attached hydrogen (secondary N) is 2. The van der Waals surface area contributed by atoms with Crippen LogP contribution in [0.25, 0.3) is 10.2 Å². The summed E-state index contributed by atoms with van der Waals surface area (Å²) in [6, 6.07) is 11.1. The van der Waals surface area contributed by atoms with Gasteiger partial charge >= 0.3 is 0 Å². The molecule has 0 radical (unpaired) electrons. The van der Waals surface area contributed by atoms with E-state index in [1.165, 1.54) is 18.3 Å². The first-order valence-corrected chi connectivity index (χ1v) is 9.45. The van der Waals surface area contributed by atoms with Crippen molar-refractivity contribution in [1.82, 2.24) is 10.3 Å². The fourth-order valence-electron chi connectivity index (χ4n) is 2.72. The zero-order valence-corrected chi connectivity index (χ0v) is 16.7. The van der Waals surface area contributed by atoms with Gasteiger partial charge in [0.05, 0.1) is 30.9 Å². The molecule has 1 heterocycles. The van der Waals surface area contributed by atoms with Crippen LogP contribution in [-0.4, -0.2) is 31.0 Å². The van der Waals surface area contributed by atoms with Gasteiger partial charge in [-0.2, -0.15) is 0 Å². The Kier molecular flexibility index (Phi) is 6.10. The summed E-state index contributed by atoms with van der Waals surface area (Å²) in [4.78, 5) is 27.9. The summed E-state index contributed by atoms with van der Waals surface area (Å²) >= 11 is 1.38. The van der Waals surface area contributed by atoms with E-state index >= 15 is 0 Å². The highest BCUT2D eigenvalue weighted by Gasteiger charge is 2.10. The van der Waals surface area contributed by atoms with Gasteiger partial charge in [-0.15, -0.1) is 0 Å². The standard InChI is InChI=1S/C20H21N3O4S/c1-12(24)22-20-23-16-7-4-13(8-18(16)28-20)9-19(25)21-11-14-5-6-15(26-2)10-17(14)27-3/h4-8,10H,9,11H2,1-3H3,(H,21,25)(H,22,23,24). The molecular formula is C20H21N3O4S. The molecule has 146 valence electrons. The summed E-state index contributed by atoms with van der Waals surface area (Å²) < 4.78 is 11.5. The molecule has 8 heteroatoms. The van der Waals surface area contributed by atoms with E-state index in [0.717, 1.165) is 21.3 Å². The summed E-state index contributed by atoms with van der Waals surface area (Å²) in [5, 5.41) is 6.14. The predicted molar refractivity (Wildman–Crippen MR) is 109 cm³/mol. The van der Waals surface area contributed by atoms with Crippen molar-refractivity contribution < 1.29 is 19.1 Å². The van der Waals surface area contributed by atoms with E-state index in [2.05, 4.69) is 15.6 Å². The molecule has 0 saturated carbocycles. The first-order chi connectivity index (χ1) is 13.5. The zero-order valence-electron chi connectivity index (χ0n) is 15.9. The van der Waals surface area contributed by atoms with Gasteiger partial charge < -0.3 is 20.1 Å². The Morgan fingerprint density at radius 1 is 1.11 bits per heavy atom. The number of carbonyl (C=O) groups is 2. The number of anilines is 1. The fraction of sp³-hybridized carbons (Fsp3) is 0.250. The summed E-state index contributed by atoms with van der Waals surface area (Å²) in [7, 11) is 3.18.